The first-order chi connectivity index (χ1) is 8.95. The van der Waals surface area contributed by atoms with Crippen LogP contribution in [0, 0.1) is 17.1 Å². The molecule has 0 amide bonds. The van der Waals surface area contributed by atoms with Gasteiger partial charge in [0.1, 0.15) is 11.7 Å². The molecule has 1 aliphatic rings. The molecule has 0 saturated heterocycles. The summed E-state index contributed by atoms with van der Waals surface area (Å²) >= 11 is 6.16. The molecule has 1 aromatic carbocycles. The summed E-state index contributed by atoms with van der Waals surface area (Å²) in [5, 5.41) is 8.50. The minimum absolute atomic E-state index is 0.0397. The molecule has 1 heterocycles. The van der Waals surface area contributed by atoms with Crippen molar-refractivity contribution >= 4 is 23.0 Å². The highest BCUT2D eigenvalue weighted by molar-refractivity contribution is 6.32. The van der Waals surface area contributed by atoms with Gasteiger partial charge < -0.3 is 10.6 Å². The molecule has 0 aromatic heterocycles. The van der Waals surface area contributed by atoms with Crippen molar-refractivity contribution in [3.63, 3.8) is 0 Å². The average molecular weight is 282 g/mol. The van der Waals surface area contributed by atoms with Crippen LogP contribution >= 0.6 is 11.6 Å². The Kier molecular flexibility index (Phi) is 3.92. The number of hydrogen-bond donors (Lipinski definition) is 2. The zero-order valence-corrected chi connectivity index (χ0v) is 11.7. The number of nitrogens with one attached hydrogen (secondary N) is 1. The Bertz CT molecular complexity index is 541. The second-order valence-corrected chi connectivity index (χ2v) is 5.19. The Morgan fingerprint density at radius 2 is 2.16 bits per heavy atom. The number of amidine groups is 1. The Labute approximate surface area is 117 Å². The van der Waals surface area contributed by atoms with E-state index in [-0.39, 0.29) is 17.8 Å². The maximum Gasteiger partial charge on any atom is 0.123 e. The summed E-state index contributed by atoms with van der Waals surface area (Å²) < 4.78 is 13.4. The van der Waals surface area contributed by atoms with Crippen LogP contribution in [0.2, 0.25) is 5.02 Å². The van der Waals surface area contributed by atoms with E-state index in [0.29, 0.717) is 23.0 Å². The van der Waals surface area contributed by atoms with Gasteiger partial charge in [-0.2, -0.15) is 0 Å². The number of hydrogen-bond acceptors (Lipinski definition) is 2. The Hall–Kier alpha value is -1.39. The standard InChI is InChI=1S/C14H17ClFN3/c1-8-5-11(13(7-17)19(2)14(8)18)10-6-9(16)3-4-12(10)15/h3-6,8,13,18H,7,17H2,1-2H3. The molecule has 2 rings (SSSR count). The van der Waals surface area contributed by atoms with Crippen LogP contribution < -0.4 is 5.73 Å². The summed E-state index contributed by atoms with van der Waals surface area (Å²) in [6.07, 6.45) is 1.94. The molecule has 1 aliphatic heterocycles. The first kappa shape index (κ1) is 14.0. The largest absolute Gasteiger partial charge is 0.355 e. The fraction of sp³-hybridized carbons (Fsp3) is 0.357. The average Bonchev–Trinajstić information content (AvgIpc) is 2.38. The molecule has 3 nitrogen and oxygen atoms in total. The van der Waals surface area contributed by atoms with Crippen LogP contribution in [0.5, 0.6) is 0 Å². The quantitative estimate of drug-likeness (QED) is 0.876. The third kappa shape index (κ3) is 2.51. The highest BCUT2D eigenvalue weighted by Crippen LogP contribution is 2.33. The predicted molar refractivity (Wildman–Crippen MR) is 76.9 cm³/mol. The molecule has 3 N–H and O–H groups in total. The lowest BCUT2D eigenvalue weighted by Crippen LogP contribution is -2.47. The van der Waals surface area contributed by atoms with Gasteiger partial charge in [-0.15, -0.1) is 0 Å². The van der Waals surface area contributed by atoms with Crippen molar-refractivity contribution in [3.8, 4) is 0 Å². The van der Waals surface area contributed by atoms with E-state index < -0.39 is 0 Å². The van der Waals surface area contributed by atoms with Crippen LogP contribution in [-0.2, 0) is 0 Å². The number of halogens is 2. The fourth-order valence-corrected chi connectivity index (χ4v) is 2.66. The predicted octanol–water partition coefficient (Wildman–Crippen LogP) is 2.75. The van der Waals surface area contributed by atoms with Crippen LogP contribution in [-0.4, -0.2) is 30.4 Å². The third-order valence-corrected chi connectivity index (χ3v) is 3.86. The van der Waals surface area contributed by atoms with Crippen molar-refractivity contribution in [2.75, 3.05) is 13.6 Å². The zero-order chi connectivity index (χ0) is 14.2. The minimum atomic E-state index is -0.327. The molecule has 2 unspecified atom stereocenters. The molecule has 5 heteroatoms. The van der Waals surface area contributed by atoms with Gasteiger partial charge in [-0.3, -0.25) is 5.41 Å². The fourth-order valence-electron chi connectivity index (χ4n) is 2.43. The lowest BCUT2D eigenvalue weighted by Gasteiger charge is -2.38. The van der Waals surface area contributed by atoms with Crippen LogP contribution in [0.3, 0.4) is 0 Å². The number of rotatable bonds is 2. The van der Waals surface area contributed by atoms with Gasteiger partial charge in [0.2, 0.25) is 0 Å². The molecule has 2 atom stereocenters. The molecular formula is C14H17ClFN3. The van der Waals surface area contributed by atoms with E-state index in [1.807, 2.05) is 24.9 Å². The normalized spacial score (nSPS) is 23.5. The minimum Gasteiger partial charge on any atom is -0.355 e. The van der Waals surface area contributed by atoms with Crippen LogP contribution in [0.1, 0.15) is 12.5 Å². The van der Waals surface area contributed by atoms with Gasteiger partial charge in [-0.25, -0.2) is 4.39 Å². The Balaban J connectivity index is 2.55. The topological polar surface area (TPSA) is 53.1 Å². The van der Waals surface area contributed by atoms with Gasteiger partial charge in [0.05, 0.1) is 6.04 Å². The molecule has 0 aliphatic carbocycles. The van der Waals surface area contributed by atoms with Crippen LogP contribution in [0.15, 0.2) is 24.3 Å². The van der Waals surface area contributed by atoms with Crippen molar-refractivity contribution in [2.45, 2.75) is 13.0 Å². The van der Waals surface area contributed by atoms with Gasteiger partial charge in [0, 0.05) is 30.1 Å². The van der Waals surface area contributed by atoms with Crippen molar-refractivity contribution in [3.05, 3.63) is 40.7 Å². The summed E-state index contributed by atoms with van der Waals surface area (Å²) in [6, 6.07) is 4.15. The van der Waals surface area contributed by atoms with Crippen LogP contribution in [0.25, 0.3) is 5.57 Å². The third-order valence-electron chi connectivity index (χ3n) is 3.53. The van der Waals surface area contributed by atoms with E-state index in [1.165, 1.54) is 12.1 Å². The molecule has 0 spiro atoms. The van der Waals surface area contributed by atoms with Crippen molar-refractivity contribution in [1.29, 1.82) is 5.41 Å². The van der Waals surface area contributed by atoms with E-state index in [1.54, 1.807) is 6.07 Å². The van der Waals surface area contributed by atoms with Gasteiger partial charge in [0.15, 0.2) is 0 Å². The van der Waals surface area contributed by atoms with E-state index in [0.717, 1.165) is 5.57 Å². The lowest BCUT2D eigenvalue weighted by atomic mass is 9.89. The molecule has 0 bridgehead atoms. The summed E-state index contributed by atoms with van der Waals surface area (Å²) in [5.74, 6) is 0.140. The van der Waals surface area contributed by atoms with E-state index >= 15 is 0 Å². The summed E-state index contributed by atoms with van der Waals surface area (Å²) in [7, 11) is 1.83. The Morgan fingerprint density at radius 3 is 2.79 bits per heavy atom. The maximum absolute atomic E-state index is 13.4. The first-order valence-electron chi connectivity index (χ1n) is 6.14. The molecule has 0 fully saturated rings. The highest BCUT2D eigenvalue weighted by atomic mass is 35.5. The van der Waals surface area contributed by atoms with Crippen LogP contribution in [0.4, 0.5) is 4.39 Å². The molecule has 1 aromatic rings. The number of nitrogens with zero attached hydrogens (tertiary/aromatic N) is 1. The SMILES string of the molecule is CC1C=C(c2cc(F)ccc2Cl)C(CN)N(C)C1=N. The molecule has 0 saturated carbocycles. The van der Waals surface area contributed by atoms with Gasteiger partial charge in [-0.1, -0.05) is 24.6 Å². The van der Waals surface area contributed by atoms with Gasteiger partial charge >= 0.3 is 0 Å². The zero-order valence-electron chi connectivity index (χ0n) is 11.0. The molecular weight excluding hydrogens is 265 g/mol. The molecule has 19 heavy (non-hydrogen) atoms. The van der Waals surface area contributed by atoms with Crippen molar-refractivity contribution in [2.24, 2.45) is 11.7 Å². The summed E-state index contributed by atoms with van der Waals surface area (Å²) in [5.41, 5.74) is 7.34. The van der Waals surface area contributed by atoms with E-state index in [4.69, 9.17) is 22.7 Å². The Morgan fingerprint density at radius 1 is 1.47 bits per heavy atom. The summed E-state index contributed by atoms with van der Waals surface area (Å²) in [6.45, 7) is 2.28. The molecule has 0 radical (unpaired) electrons. The van der Waals surface area contributed by atoms with Gasteiger partial charge in [-0.05, 0) is 23.8 Å². The van der Waals surface area contributed by atoms with E-state index in [9.17, 15) is 4.39 Å². The lowest BCUT2D eigenvalue weighted by molar-refractivity contribution is 0.412. The molecule has 102 valence electrons. The van der Waals surface area contributed by atoms with E-state index in [2.05, 4.69) is 0 Å². The highest BCUT2D eigenvalue weighted by Gasteiger charge is 2.30. The summed E-state index contributed by atoms with van der Waals surface area (Å²) in [4.78, 5) is 1.82. The van der Waals surface area contributed by atoms with Gasteiger partial charge in [0.25, 0.3) is 0 Å². The smallest absolute Gasteiger partial charge is 0.123 e. The maximum atomic E-state index is 13.4. The number of likely N-dealkylation sites (N-methyl/N-ethyl adjacent to an activating group) is 1. The first-order valence-corrected chi connectivity index (χ1v) is 6.52. The second kappa shape index (κ2) is 5.31. The number of nitrogens with two attached hydrogens (primary N) is 1. The number of benzene rings is 1. The second-order valence-electron chi connectivity index (χ2n) is 4.78. The van der Waals surface area contributed by atoms with Crippen molar-refractivity contribution < 1.29 is 4.39 Å². The monoisotopic (exact) mass is 281 g/mol. The van der Waals surface area contributed by atoms with Crippen molar-refractivity contribution in [1.82, 2.24) is 4.90 Å².